The first-order valence-electron chi connectivity index (χ1n) is 5.73. The monoisotopic (exact) mass is 235 g/mol. The number of aliphatic carboxylic acids is 1. The molecule has 0 aromatic heterocycles. The van der Waals surface area contributed by atoms with E-state index < -0.39 is 11.5 Å². The third-order valence-electron chi connectivity index (χ3n) is 3.54. The van der Waals surface area contributed by atoms with Crippen molar-refractivity contribution in [1.82, 2.24) is 0 Å². The van der Waals surface area contributed by atoms with Crippen LogP contribution in [-0.2, 0) is 4.79 Å². The molecule has 1 aromatic rings. The van der Waals surface area contributed by atoms with Crippen LogP contribution in [0, 0.1) is 20.8 Å². The van der Waals surface area contributed by atoms with E-state index in [0.717, 1.165) is 11.3 Å². The van der Waals surface area contributed by atoms with Gasteiger partial charge >= 0.3 is 5.97 Å². The molecule has 1 rings (SSSR count). The van der Waals surface area contributed by atoms with E-state index in [2.05, 4.69) is 19.1 Å². The second-order valence-electron chi connectivity index (χ2n) is 5.15. The highest BCUT2D eigenvalue weighted by molar-refractivity contribution is 5.83. The van der Waals surface area contributed by atoms with Gasteiger partial charge in [0.15, 0.2) is 0 Å². The van der Waals surface area contributed by atoms with Crippen molar-refractivity contribution in [2.75, 3.05) is 11.9 Å². The zero-order chi connectivity index (χ0) is 13.4. The van der Waals surface area contributed by atoms with Gasteiger partial charge in [0, 0.05) is 12.7 Å². The number of hydrogen-bond donors (Lipinski definition) is 1. The molecule has 0 saturated heterocycles. The fourth-order valence-electron chi connectivity index (χ4n) is 1.75. The number of carboxylic acids is 1. The van der Waals surface area contributed by atoms with Crippen LogP contribution in [0.3, 0.4) is 0 Å². The van der Waals surface area contributed by atoms with Crippen molar-refractivity contribution in [3.8, 4) is 0 Å². The van der Waals surface area contributed by atoms with Crippen LogP contribution in [0.4, 0.5) is 5.69 Å². The molecular formula is C14H21NO2. The van der Waals surface area contributed by atoms with Gasteiger partial charge in [-0.05, 0) is 57.4 Å². The van der Waals surface area contributed by atoms with Gasteiger partial charge in [0.1, 0.15) is 5.54 Å². The SMILES string of the molecule is Cc1cc(C)c(N(C)C(C)(C)C(=O)O)cc1C. The first-order chi connectivity index (χ1) is 7.67. The number of carboxylic acid groups (broad SMARTS) is 1. The third kappa shape index (κ3) is 2.43. The molecular weight excluding hydrogens is 214 g/mol. The largest absolute Gasteiger partial charge is 0.480 e. The number of carbonyl (C=O) groups is 1. The molecule has 0 radical (unpaired) electrons. The van der Waals surface area contributed by atoms with Crippen molar-refractivity contribution in [3.63, 3.8) is 0 Å². The van der Waals surface area contributed by atoms with Gasteiger partial charge in [-0.15, -0.1) is 0 Å². The van der Waals surface area contributed by atoms with Gasteiger partial charge < -0.3 is 10.0 Å². The second kappa shape index (κ2) is 4.40. The van der Waals surface area contributed by atoms with Gasteiger partial charge in [-0.3, -0.25) is 0 Å². The molecule has 0 fully saturated rings. The van der Waals surface area contributed by atoms with Crippen LogP contribution in [0.25, 0.3) is 0 Å². The number of anilines is 1. The maximum absolute atomic E-state index is 11.3. The Hall–Kier alpha value is -1.51. The first-order valence-corrected chi connectivity index (χ1v) is 5.73. The van der Waals surface area contributed by atoms with E-state index in [4.69, 9.17) is 0 Å². The lowest BCUT2D eigenvalue weighted by Gasteiger charge is -2.35. The lowest BCUT2D eigenvalue weighted by molar-refractivity contribution is -0.142. The summed E-state index contributed by atoms with van der Waals surface area (Å²) in [5.74, 6) is -0.822. The minimum atomic E-state index is -0.910. The van der Waals surface area contributed by atoms with Crippen molar-refractivity contribution >= 4 is 11.7 Å². The maximum atomic E-state index is 11.3. The summed E-state index contributed by atoms with van der Waals surface area (Å²) in [6, 6.07) is 4.15. The summed E-state index contributed by atoms with van der Waals surface area (Å²) in [5, 5.41) is 9.25. The van der Waals surface area contributed by atoms with Crippen LogP contribution in [-0.4, -0.2) is 23.7 Å². The topological polar surface area (TPSA) is 40.5 Å². The fourth-order valence-corrected chi connectivity index (χ4v) is 1.75. The molecule has 0 aliphatic carbocycles. The molecule has 0 atom stereocenters. The molecule has 94 valence electrons. The van der Waals surface area contributed by atoms with Crippen molar-refractivity contribution in [2.24, 2.45) is 0 Å². The molecule has 0 unspecified atom stereocenters. The molecule has 0 bridgehead atoms. The maximum Gasteiger partial charge on any atom is 0.328 e. The van der Waals surface area contributed by atoms with Crippen molar-refractivity contribution in [3.05, 3.63) is 28.8 Å². The van der Waals surface area contributed by atoms with Crippen molar-refractivity contribution in [1.29, 1.82) is 0 Å². The number of aryl methyl sites for hydroxylation is 3. The quantitative estimate of drug-likeness (QED) is 0.875. The average molecular weight is 235 g/mol. The number of benzene rings is 1. The van der Waals surface area contributed by atoms with Gasteiger partial charge in [0.25, 0.3) is 0 Å². The Morgan fingerprint density at radius 1 is 1.12 bits per heavy atom. The number of nitrogens with zero attached hydrogens (tertiary/aromatic N) is 1. The molecule has 0 heterocycles. The smallest absolute Gasteiger partial charge is 0.328 e. The molecule has 0 amide bonds. The van der Waals surface area contributed by atoms with Crippen molar-refractivity contribution < 1.29 is 9.90 Å². The highest BCUT2D eigenvalue weighted by Gasteiger charge is 2.32. The molecule has 1 N–H and O–H groups in total. The van der Waals surface area contributed by atoms with Crippen LogP contribution in [0.5, 0.6) is 0 Å². The Bertz CT molecular complexity index is 450. The van der Waals surface area contributed by atoms with E-state index in [0.29, 0.717) is 0 Å². The zero-order valence-electron chi connectivity index (χ0n) is 11.5. The second-order valence-corrected chi connectivity index (χ2v) is 5.15. The van der Waals surface area contributed by atoms with E-state index in [1.54, 1.807) is 13.8 Å². The van der Waals surface area contributed by atoms with Crippen LogP contribution in [0.15, 0.2) is 12.1 Å². The van der Waals surface area contributed by atoms with E-state index in [9.17, 15) is 9.90 Å². The van der Waals surface area contributed by atoms with E-state index in [1.807, 2.05) is 25.8 Å². The average Bonchev–Trinajstić information content (AvgIpc) is 2.22. The van der Waals surface area contributed by atoms with Gasteiger partial charge in [-0.2, -0.15) is 0 Å². The van der Waals surface area contributed by atoms with Gasteiger partial charge in [0.2, 0.25) is 0 Å². The van der Waals surface area contributed by atoms with Gasteiger partial charge in [-0.1, -0.05) is 6.07 Å². The Morgan fingerprint density at radius 2 is 1.59 bits per heavy atom. The first kappa shape index (κ1) is 13.6. The molecule has 0 aliphatic rings. The van der Waals surface area contributed by atoms with Gasteiger partial charge in [0.05, 0.1) is 0 Å². The summed E-state index contributed by atoms with van der Waals surface area (Å²) >= 11 is 0. The Kier molecular flexibility index (Phi) is 3.51. The Balaban J connectivity index is 3.26. The van der Waals surface area contributed by atoms with E-state index in [-0.39, 0.29) is 0 Å². The normalized spacial score (nSPS) is 11.4. The molecule has 17 heavy (non-hydrogen) atoms. The summed E-state index contributed by atoms with van der Waals surface area (Å²) in [6.07, 6.45) is 0. The van der Waals surface area contributed by atoms with E-state index in [1.165, 1.54) is 11.1 Å². The number of likely N-dealkylation sites (N-methyl/N-ethyl adjacent to an activating group) is 1. The van der Waals surface area contributed by atoms with Crippen LogP contribution in [0.1, 0.15) is 30.5 Å². The summed E-state index contributed by atoms with van der Waals surface area (Å²) in [4.78, 5) is 13.1. The zero-order valence-corrected chi connectivity index (χ0v) is 11.5. The molecule has 0 aliphatic heterocycles. The van der Waals surface area contributed by atoms with Gasteiger partial charge in [-0.25, -0.2) is 4.79 Å². The molecule has 3 nitrogen and oxygen atoms in total. The number of rotatable bonds is 3. The van der Waals surface area contributed by atoms with E-state index >= 15 is 0 Å². The minimum absolute atomic E-state index is 0.822. The van der Waals surface area contributed by atoms with Crippen LogP contribution in [0.2, 0.25) is 0 Å². The Morgan fingerprint density at radius 3 is 2.06 bits per heavy atom. The van der Waals surface area contributed by atoms with Crippen molar-refractivity contribution in [2.45, 2.75) is 40.2 Å². The summed E-state index contributed by atoms with van der Waals surface area (Å²) in [5.41, 5.74) is 3.57. The highest BCUT2D eigenvalue weighted by atomic mass is 16.4. The lowest BCUT2D eigenvalue weighted by atomic mass is 9.99. The van der Waals surface area contributed by atoms with Crippen LogP contribution < -0.4 is 4.90 Å². The Labute approximate surface area is 103 Å². The number of hydrogen-bond acceptors (Lipinski definition) is 2. The predicted octanol–water partition coefficient (Wildman–Crippen LogP) is 2.91. The molecule has 1 aromatic carbocycles. The molecule has 0 spiro atoms. The standard InChI is InChI=1S/C14H21NO2/c1-9-7-11(3)12(8-10(9)2)15(6)14(4,5)13(16)17/h7-8H,1-6H3,(H,16,17). The predicted molar refractivity (Wildman–Crippen MR) is 70.8 cm³/mol. The van der Waals surface area contributed by atoms with Crippen LogP contribution >= 0.6 is 0 Å². The highest BCUT2D eigenvalue weighted by Crippen LogP contribution is 2.28. The summed E-state index contributed by atoms with van der Waals surface area (Å²) in [6.45, 7) is 9.54. The lowest BCUT2D eigenvalue weighted by Crippen LogP contribution is -2.48. The fraction of sp³-hybridized carbons (Fsp3) is 0.500. The third-order valence-corrected chi connectivity index (χ3v) is 3.54. The summed E-state index contributed by atoms with van der Waals surface area (Å²) < 4.78 is 0. The molecule has 0 saturated carbocycles. The summed E-state index contributed by atoms with van der Waals surface area (Å²) in [7, 11) is 1.82. The molecule has 3 heteroatoms. The minimum Gasteiger partial charge on any atom is -0.480 e.